The quantitative estimate of drug-likeness (QED) is 0.731. The Morgan fingerprint density at radius 3 is 2.57 bits per heavy atom. The van der Waals surface area contributed by atoms with E-state index < -0.39 is 0 Å². The van der Waals surface area contributed by atoms with Crippen molar-refractivity contribution >= 4 is 11.8 Å². The highest BCUT2D eigenvalue weighted by molar-refractivity contribution is 8.00. The van der Waals surface area contributed by atoms with Gasteiger partial charge in [-0.2, -0.15) is 0 Å². The predicted octanol–water partition coefficient (Wildman–Crippen LogP) is 2.18. The first-order valence-electron chi connectivity index (χ1n) is 9.17. The van der Waals surface area contributed by atoms with E-state index in [4.69, 9.17) is 0 Å². The molecule has 120 valence electrons. The minimum atomic E-state index is 0.711. The SMILES string of the molecule is CC1NC2CCCCC2C1C1CSC(C2CCNCC2)N1. The summed E-state index contributed by atoms with van der Waals surface area (Å²) in [5.41, 5.74) is 0. The molecule has 3 heterocycles. The molecule has 4 heteroatoms. The molecule has 0 aromatic rings. The number of fused-ring (bicyclic) bond motifs is 1. The van der Waals surface area contributed by atoms with Crippen LogP contribution < -0.4 is 16.0 Å². The molecular formula is C17H31N3S. The van der Waals surface area contributed by atoms with Gasteiger partial charge in [-0.15, -0.1) is 11.8 Å². The van der Waals surface area contributed by atoms with E-state index in [0.29, 0.717) is 6.04 Å². The second kappa shape index (κ2) is 6.38. The van der Waals surface area contributed by atoms with Gasteiger partial charge in [-0.1, -0.05) is 12.8 Å². The zero-order valence-electron chi connectivity index (χ0n) is 13.3. The Hall–Kier alpha value is 0.230. The van der Waals surface area contributed by atoms with Gasteiger partial charge in [-0.25, -0.2) is 0 Å². The first-order chi connectivity index (χ1) is 10.3. The average Bonchev–Trinajstić information content (AvgIpc) is 3.11. The lowest BCUT2D eigenvalue weighted by molar-refractivity contribution is 0.220. The lowest BCUT2D eigenvalue weighted by Gasteiger charge is -2.33. The number of hydrogen-bond donors (Lipinski definition) is 3. The third kappa shape index (κ3) is 2.89. The fourth-order valence-electron chi connectivity index (χ4n) is 5.45. The van der Waals surface area contributed by atoms with Crippen LogP contribution >= 0.6 is 11.8 Å². The molecule has 4 aliphatic rings. The topological polar surface area (TPSA) is 36.1 Å². The van der Waals surface area contributed by atoms with Crippen LogP contribution in [0.15, 0.2) is 0 Å². The lowest BCUT2D eigenvalue weighted by atomic mass is 9.75. The average molecular weight is 310 g/mol. The fourth-order valence-corrected chi connectivity index (χ4v) is 7.00. The van der Waals surface area contributed by atoms with Crippen molar-refractivity contribution in [2.45, 2.75) is 68.9 Å². The second-order valence-corrected chi connectivity index (χ2v) is 8.88. The molecule has 3 N–H and O–H groups in total. The van der Waals surface area contributed by atoms with Gasteiger partial charge in [0.15, 0.2) is 0 Å². The van der Waals surface area contributed by atoms with Gasteiger partial charge < -0.3 is 16.0 Å². The van der Waals surface area contributed by atoms with Gasteiger partial charge in [-0.3, -0.25) is 0 Å². The summed E-state index contributed by atoms with van der Waals surface area (Å²) in [5, 5.41) is 12.2. The van der Waals surface area contributed by atoms with E-state index >= 15 is 0 Å². The molecule has 6 unspecified atom stereocenters. The molecule has 4 fully saturated rings. The van der Waals surface area contributed by atoms with Crippen LogP contribution in [0.4, 0.5) is 0 Å². The summed E-state index contributed by atoms with van der Waals surface area (Å²) in [6.45, 7) is 4.88. The maximum Gasteiger partial charge on any atom is 0.0564 e. The first kappa shape index (κ1) is 14.8. The van der Waals surface area contributed by atoms with Gasteiger partial charge in [0.1, 0.15) is 0 Å². The third-order valence-corrected chi connectivity index (χ3v) is 7.91. The molecule has 21 heavy (non-hydrogen) atoms. The Morgan fingerprint density at radius 1 is 0.905 bits per heavy atom. The highest BCUT2D eigenvalue weighted by Crippen LogP contribution is 2.43. The molecule has 1 aliphatic carbocycles. The van der Waals surface area contributed by atoms with Crippen molar-refractivity contribution in [3.63, 3.8) is 0 Å². The second-order valence-electron chi connectivity index (χ2n) is 7.70. The minimum absolute atomic E-state index is 0.711. The van der Waals surface area contributed by atoms with E-state index in [2.05, 4.69) is 34.6 Å². The fraction of sp³-hybridized carbons (Fsp3) is 1.00. The summed E-state index contributed by atoms with van der Waals surface area (Å²) >= 11 is 2.22. The Balaban J connectivity index is 1.40. The summed E-state index contributed by atoms with van der Waals surface area (Å²) in [6.07, 6.45) is 8.52. The summed E-state index contributed by atoms with van der Waals surface area (Å²) in [6, 6.07) is 2.29. The van der Waals surface area contributed by atoms with Crippen molar-refractivity contribution in [2.24, 2.45) is 17.8 Å². The Bertz CT molecular complexity index is 358. The maximum atomic E-state index is 4.06. The van der Waals surface area contributed by atoms with Gasteiger partial charge in [0.05, 0.1) is 5.37 Å². The van der Waals surface area contributed by atoms with E-state index in [-0.39, 0.29) is 0 Å². The van der Waals surface area contributed by atoms with Gasteiger partial charge in [0, 0.05) is 23.9 Å². The normalized spacial score (nSPS) is 48.4. The molecule has 0 bridgehead atoms. The molecule has 0 spiro atoms. The largest absolute Gasteiger partial charge is 0.317 e. The molecule has 3 nitrogen and oxygen atoms in total. The van der Waals surface area contributed by atoms with E-state index in [9.17, 15) is 0 Å². The predicted molar refractivity (Wildman–Crippen MR) is 90.6 cm³/mol. The molecule has 0 aromatic heterocycles. The van der Waals surface area contributed by atoms with Crippen LogP contribution in [-0.2, 0) is 0 Å². The number of thioether (sulfide) groups is 1. The summed E-state index contributed by atoms with van der Waals surface area (Å²) in [7, 11) is 0. The van der Waals surface area contributed by atoms with Crippen LogP contribution in [0.1, 0.15) is 45.4 Å². The van der Waals surface area contributed by atoms with E-state index in [1.165, 1.54) is 57.4 Å². The van der Waals surface area contributed by atoms with Crippen molar-refractivity contribution in [2.75, 3.05) is 18.8 Å². The Labute approximate surface area is 133 Å². The summed E-state index contributed by atoms with van der Waals surface area (Å²) in [5.74, 6) is 4.05. The van der Waals surface area contributed by atoms with Crippen LogP contribution in [0.2, 0.25) is 0 Å². The monoisotopic (exact) mass is 309 g/mol. The van der Waals surface area contributed by atoms with Crippen LogP contribution in [0.25, 0.3) is 0 Å². The molecule has 3 saturated heterocycles. The number of hydrogen-bond acceptors (Lipinski definition) is 4. The van der Waals surface area contributed by atoms with Gasteiger partial charge in [0.2, 0.25) is 0 Å². The van der Waals surface area contributed by atoms with Crippen molar-refractivity contribution in [1.82, 2.24) is 16.0 Å². The number of rotatable bonds is 2. The zero-order chi connectivity index (χ0) is 14.2. The van der Waals surface area contributed by atoms with Crippen molar-refractivity contribution in [1.29, 1.82) is 0 Å². The lowest BCUT2D eigenvalue weighted by Crippen LogP contribution is -2.46. The van der Waals surface area contributed by atoms with Crippen molar-refractivity contribution in [3.05, 3.63) is 0 Å². The van der Waals surface area contributed by atoms with Crippen LogP contribution in [0.5, 0.6) is 0 Å². The van der Waals surface area contributed by atoms with Crippen molar-refractivity contribution < 1.29 is 0 Å². The standard InChI is InChI=1S/C17H31N3S/c1-11-16(13-4-2-3-5-14(13)19-11)15-10-21-17(20-15)12-6-8-18-9-7-12/h11-20H,2-10H2,1H3. The molecule has 1 saturated carbocycles. The number of piperidine rings is 1. The van der Waals surface area contributed by atoms with Crippen molar-refractivity contribution in [3.8, 4) is 0 Å². The molecule has 4 rings (SSSR count). The highest BCUT2D eigenvalue weighted by atomic mass is 32.2. The Morgan fingerprint density at radius 2 is 1.71 bits per heavy atom. The van der Waals surface area contributed by atoms with E-state index in [0.717, 1.165) is 35.2 Å². The smallest absolute Gasteiger partial charge is 0.0564 e. The van der Waals surface area contributed by atoms with Crippen LogP contribution in [0.3, 0.4) is 0 Å². The molecule has 0 radical (unpaired) electrons. The van der Waals surface area contributed by atoms with Crippen LogP contribution in [-0.4, -0.2) is 42.3 Å². The van der Waals surface area contributed by atoms with Crippen LogP contribution in [0, 0.1) is 17.8 Å². The van der Waals surface area contributed by atoms with Gasteiger partial charge >= 0.3 is 0 Å². The highest BCUT2D eigenvalue weighted by Gasteiger charge is 2.47. The van der Waals surface area contributed by atoms with E-state index in [1.54, 1.807) is 0 Å². The Kier molecular flexibility index (Phi) is 4.50. The third-order valence-electron chi connectivity index (χ3n) is 6.48. The molecule has 0 aromatic carbocycles. The molecular weight excluding hydrogens is 278 g/mol. The minimum Gasteiger partial charge on any atom is -0.317 e. The van der Waals surface area contributed by atoms with Gasteiger partial charge in [-0.05, 0) is 63.5 Å². The molecule has 6 atom stereocenters. The van der Waals surface area contributed by atoms with Gasteiger partial charge in [0.25, 0.3) is 0 Å². The molecule has 0 amide bonds. The number of nitrogens with one attached hydrogen (secondary N) is 3. The summed E-state index contributed by atoms with van der Waals surface area (Å²) in [4.78, 5) is 0. The maximum absolute atomic E-state index is 4.06. The van der Waals surface area contributed by atoms with E-state index in [1.807, 2.05) is 0 Å². The zero-order valence-corrected chi connectivity index (χ0v) is 14.1. The first-order valence-corrected chi connectivity index (χ1v) is 10.2. The molecule has 3 aliphatic heterocycles. The summed E-state index contributed by atoms with van der Waals surface area (Å²) < 4.78 is 0.